The van der Waals surface area contributed by atoms with E-state index in [1.165, 1.54) is 19.8 Å². The van der Waals surface area contributed by atoms with Crippen LogP contribution in [-0.2, 0) is 0 Å². The molecule has 0 spiro atoms. The SMILES string of the molecule is C.C.C.C.CC(C)(C(F)(F)F)C(F)(F)F.CCC.CCC.CCF.CF. The van der Waals surface area contributed by atoms with Crippen LogP contribution in [-0.4, -0.2) is 26.2 Å². The van der Waals surface area contributed by atoms with Crippen LogP contribution in [0.2, 0.25) is 0 Å². The van der Waals surface area contributed by atoms with Crippen molar-refractivity contribution >= 4 is 0 Å². The molecule has 0 aliphatic heterocycles. The second kappa shape index (κ2) is 32.1. The molecule has 0 rings (SSSR count). The van der Waals surface area contributed by atoms with Gasteiger partial charge in [0.1, 0.15) is 0 Å². The van der Waals surface area contributed by atoms with Crippen LogP contribution in [0.5, 0.6) is 0 Å². The van der Waals surface area contributed by atoms with Crippen molar-refractivity contribution in [3.05, 3.63) is 0 Å². The summed E-state index contributed by atoms with van der Waals surface area (Å²) in [6, 6.07) is 0. The molecular weight excluding hydrogens is 368 g/mol. The Morgan fingerprint density at radius 1 is 0.538 bits per heavy atom. The van der Waals surface area contributed by atoms with Crippen LogP contribution in [0.4, 0.5) is 35.1 Å². The molecule has 0 aromatic carbocycles. The quantitative estimate of drug-likeness (QED) is 0.346. The molecule has 0 heterocycles. The third kappa shape index (κ3) is 38.8. The van der Waals surface area contributed by atoms with Crippen molar-refractivity contribution in [3.8, 4) is 0 Å². The maximum atomic E-state index is 11.6. The van der Waals surface area contributed by atoms with Crippen LogP contribution in [0.25, 0.3) is 0 Å². The van der Waals surface area contributed by atoms with E-state index >= 15 is 0 Å². The van der Waals surface area contributed by atoms with Gasteiger partial charge >= 0.3 is 12.4 Å². The van der Waals surface area contributed by atoms with Gasteiger partial charge in [0.2, 0.25) is 0 Å². The average molecular weight is 415 g/mol. The van der Waals surface area contributed by atoms with Crippen LogP contribution in [0.3, 0.4) is 0 Å². The molecule has 0 aliphatic rings. The zero-order chi connectivity index (χ0) is 19.6. The fourth-order valence-corrected chi connectivity index (χ4v) is 0.161. The van der Waals surface area contributed by atoms with Gasteiger partial charge in [0, 0.05) is 0 Å². The summed E-state index contributed by atoms with van der Waals surface area (Å²) in [5, 5.41) is 0. The summed E-state index contributed by atoms with van der Waals surface area (Å²) in [6.45, 7) is 9.92. The molecule has 0 N–H and O–H groups in total. The van der Waals surface area contributed by atoms with E-state index < -0.39 is 17.8 Å². The van der Waals surface area contributed by atoms with Crippen molar-refractivity contribution in [2.75, 3.05) is 13.9 Å². The van der Waals surface area contributed by atoms with Crippen LogP contribution in [0.1, 0.15) is 91.0 Å². The summed E-state index contributed by atoms with van der Waals surface area (Å²) in [5.41, 5.74) is -3.62. The molecule has 0 aromatic heterocycles. The van der Waals surface area contributed by atoms with Crippen molar-refractivity contribution in [3.63, 3.8) is 0 Å². The summed E-state index contributed by atoms with van der Waals surface area (Å²) in [6.07, 6.45) is -7.99. The van der Waals surface area contributed by atoms with Crippen LogP contribution >= 0.6 is 0 Å². The highest BCUT2D eigenvalue weighted by Crippen LogP contribution is 2.49. The molecule has 0 saturated heterocycles. The maximum absolute atomic E-state index is 11.6. The lowest BCUT2D eigenvalue weighted by molar-refractivity contribution is -0.327. The first-order valence-corrected chi connectivity index (χ1v) is 6.81. The Balaban J connectivity index is -0.0000000235. The summed E-state index contributed by atoms with van der Waals surface area (Å²) >= 11 is 0. The summed E-state index contributed by atoms with van der Waals surface area (Å²) < 4.78 is 89.4. The number of hydrogen-bond donors (Lipinski definition) is 0. The zero-order valence-corrected chi connectivity index (χ0v) is 14.6. The minimum absolute atomic E-state index is 0. The molecule has 0 amide bonds. The van der Waals surface area contributed by atoms with E-state index in [2.05, 4.69) is 27.7 Å². The Bertz CT molecular complexity index is 164. The van der Waals surface area contributed by atoms with Gasteiger partial charge in [0.25, 0.3) is 0 Å². The van der Waals surface area contributed by atoms with E-state index in [-0.39, 0.29) is 50.2 Å². The molecule has 0 saturated carbocycles. The average Bonchev–Trinajstić information content (AvgIpc) is 2.31. The molecule has 174 valence electrons. The predicted molar refractivity (Wildman–Crippen MR) is 103 cm³/mol. The highest BCUT2D eigenvalue weighted by Gasteiger charge is 2.64. The fraction of sp³-hybridized carbons (Fsp3) is 1.00. The Kier molecular flexibility index (Phi) is 69.5. The molecule has 0 aromatic rings. The first-order valence-electron chi connectivity index (χ1n) is 6.81. The van der Waals surface area contributed by atoms with Crippen LogP contribution < -0.4 is 0 Å². The van der Waals surface area contributed by atoms with E-state index in [1.807, 2.05) is 0 Å². The van der Waals surface area contributed by atoms with Gasteiger partial charge in [-0.25, -0.2) is 0 Å². The number of alkyl halides is 8. The van der Waals surface area contributed by atoms with E-state index in [4.69, 9.17) is 0 Å². The highest BCUT2D eigenvalue weighted by molar-refractivity contribution is 4.84. The van der Waals surface area contributed by atoms with Gasteiger partial charge in [-0.1, -0.05) is 70.2 Å². The lowest BCUT2D eigenvalue weighted by Crippen LogP contribution is -2.44. The zero-order valence-electron chi connectivity index (χ0n) is 14.6. The second-order valence-electron chi connectivity index (χ2n) is 4.30. The Hall–Kier alpha value is -0.560. The predicted octanol–water partition coefficient (Wildman–Crippen LogP) is 10.1. The van der Waals surface area contributed by atoms with Crippen molar-refractivity contribution in [1.82, 2.24) is 0 Å². The molecule has 0 radical (unpaired) electrons. The van der Waals surface area contributed by atoms with Gasteiger partial charge in [-0.15, -0.1) is 0 Å². The van der Waals surface area contributed by atoms with Crippen molar-refractivity contribution < 1.29 is 35.1 Å². The Morgan fingerprint density at radius 3 is 0.615 bits per heavy atom. The Labute approximate surface area is 158 Å². The topological polar surface area (TPSA) is 0 Å². The molecule has 26 heavy (non-hydrogen) atoms. The molecule has 0 nitrogen and oxygen atoms in total. The monoisotopic (exact) mass is 414 g/mol. The first-order chi connectivity index (χ1) is 9.74. The van der Waals surface area contributed by atoms with Crippen molar-refractivity contribution in [2.45, 2.75) is 103 Å². The molecule has 0 aliphatic carbocycles. The van der Waals surface area contributed by atoms with Crippen molar-refractivity contribution in [2.24, 2.45) is 5.41 Å². The maximum Gasteiger partial charge on any atom is 0.402 e. The van der Waals surface area contributed by atoms with E-state index in [0.717, 1.165) is 0 Å². The third-order valence-electron chi connectivity index (χ3n) is 1.42. The number of hydrogen-bond acceptors (Lipinski definition) is 0. The molecular formula is C18H46F8. The van der Waals surface area contributed by atoms with E-state index in [9.17, 15) is 35.1 Å². The number of halogens is 8. The second-order valence-corrected chi connectivity index (χ2v) is 4.30. The summed E-state index contributed by atoms with van der Waals surface area (Å²) in [7, 11) is 0.500. The van der Waals surface area contributed by atoms with Gasteiger partial charge in [-0.3, -0.25) is 8.78 Å². The summed E-state index contributed by atoms with van der Waals surface area (Å²) in [4.78, 5) is 0. The smallest absolute Gasteiger partial charge is 0.255 e. The normalized spacial score (nSPS) is 8.77. The standard InChI is InChI=1S/C5H6F6.2C3H8.C2H5F.CH3F.4CH4/c1-3(2,4(6,7)8)5(9,10)11;2*1-3-2;1-2-3;1-2;;;;/h1-2H3;2*3H2,1-2H3;2H2,1H3;1H3;4*1H4. The van der Waals surface area contributed by atoms with Gasteiger partial charge in [-0.05, 0) is 20.8 Å². The molecule has 0 unspecified atom stereocenters. The largest absolute Gasteiger partial charge is 0.402 e. The van der Waals surface area contributed by atoms with Gasteiger partial charge in [0.05, 0.1) is 13.9 Å². The van der Waals surface area contributed by atoms with E-state index in [0.29, 0.717) is 7.18 Å². The first kappa shape index (κ1) is 56.2. The minimum atomic E-state index is -5.24. The van der Waals surface area contributed by atoms with Gasteiger partial charge in [0.15, 0.2) is 5.41 Å². The lowest BCUT2D eigenvalue weighted by atomic mass is 9.92. The van der Waals surface area contributed by atoms with Crippen LogP contribution in [0.15, 0.2) is 0 Å². The van der Waals surface area contributed by atoms with Gasteiger partial charge < -0.3 is 0 Å². The third-order valence-corrected chi connectivity index (χ3v) is 1.42. The fourth-order valence-electron chi connectivity index (χ4n) is 0.161. The lowest BCUT2D eigenvalue weighted by Gasteiger charge is -2.29. The number of rotatable bonds is 0. The molecule has 0 fully saturated rings. The van der Waals surface area contributed by atoms with Gasteiger partial charge in [-0.2, -0.15) is 26.3 Å². The Morgan fingerprint density at radius 2 is 0.615 bits per heavy atom. The minimum Gasteiger partial charge on any atom is -0.255 e. The van der Waals surface area contributed by atoms with Crippen LogP contribution in [0, 0.1) is 5.41 Å². The molecule has 0 bridgehead atoms. The molecule has 8 heteroatoms. The van der Waals surface area contributed by atoms with E-state index in [1.54, 1.807) is 0 Å². The van der Waals surface area contributed by atoms with Crippen molar-refractivity contribution in [1.29, 1.82) is 0 Å². The highest BCUT2D eigenvalue weighted by atomic mass is 19.4. The molecule has 0 atom stereocenters. The summed E-state index contributed by atoms with van der Waals surface area (Å²) in [5.74, 6) is 0.